The number of nitrogens with one attached hydrogen (secondary N) is 1. The lowest BCUT2D eigenvalue weighted by atomic mass is 10.2. The monoisotopic (exact) mass is 412 g/mol. The lowest BCUT2D eigenvalue weighted by molar-refractivity contribution is 0.0995. The van der Waals surface area contributed by atoms with Gasteiger partial charge in [0.1, 0.15) is 0 Å². The first-order valence-electron chi connectivity index (χ1n) is 7.64. The van der Waals surface area contributed by atoms with Crippen LogP contribution in [0.15, 0.2) is 50.4 Å². The highest BCUT2D eigenvalue weighted by molar-refractivity contribution is 9.10. The van der Waals surface area contributed by atoms with Crippen molar-refractivity contribution in [2.24, 2.45) is 0 Å². The Morgan fingerprint density at radius 1 is 1.12 bits per heavy atom. The number of rotatable bonds is 4. The number of piperidine rings is 1. The summed E-state index contributed by atoms with van der Waals surface area (Å²) >= 11 is 3.14. The highest BCUT2D eigenvalue weighted by Crippen LogP contribution is 2.23. The lowest BCUT2D eigenvalue weighted by Crippen LogP contribution is -2.35. The summed E-state index contributed by atoms with van der Waals surface area (Å²) in [5, 5.41) is 2.65. The van der Waals surface area contributed by atoms with Gasteiger partial charge >= 0.3 is 0 Å². The van der Waals surface area contributed by atoms with Crippen molar-refractivity contribution >= 4 is 37.5 Å². The van der Waals surface area contributed by atoms with E-state index in [2.05, 4.69) is 21.2 Å². The zero-order valence-electron chi connectivity index (χ0n) is 12.9. The molecule has 2 heterocycles. The van der Waals surface area contributed by atoms with Crippen molar-refractivity contribution < 1.29 is 17.6 Å². The molecular formula is C16H17BrN2O4S. The number of amides is 1. The van der Waals surface area contributed by atoms with Gasteiger partial charge in [-0.3, -0.25) is 4.79 Å². The van der Waals surface area contributed by atoms with Gasteiger partial charge in [-0.2, -0.15) is 4.31 Å². The number of sulfonamides is 1. The maximum Gasteiger partial charge on any atom is 0.291 e. The third kappa shape index (κ3) is 3.71. The second-order valence-corrected chi connectivity index (χ2v) is 8.27. The van der Waals surface area contributed by atoms with Gasteiger partial charge in [0.2, 0.25) is 10.0 Å². The summed E-state index contributed by atoms with van der Waals surface area (Å²) in [5.74, 6) is -0.292. The average molecular weight is 413 g/mol. The van der Waals surface area contributed by atoms with Crippen LogP contribution in [0.5, 0.6) is 0 Å². The first-order chi connectivity index (χ1) is 11.5. The van der Waals surface area contributed by atoms with Gasteiger partial charge in [-0.05, 0) is 59.1 Å². The van der Waals surface area contributed by atoms with E-state index in [4.69, 9.17) is 4.42 Å². The van der Waals surface area contributed by atoms with Crippen molar-refractivity contribution in [2.45, 2.75) is 24.2 Å². The Morgan fingerprint density at radius 2 is 1.88 bits per heavy atom. The van der Waals surface area contributed by atoms with Gasteiger partial charge in [-0.1, -0.05) is 12.5 Å². The molecule has 0 unspecified atom stereocenters. The molecule has 0 spiro atoms. The molecule has 24 heavy (non-hydrogen) atoms. The Bertz CT molecular complexity index is 841. The molecule has 1 amide bonds. The molecule has 0 bridgehead atoms. The van der Waals surface area contributed by atoms with Crippen LogP contribution in [0, 0.1) is 0 Å². The standard InChI is InChI=1S/C16H17BrN2O4S/c17-15-8-7-14(23-15)16(20)18-12-5-4-6-13(11-12)24(21,22)19-9-2-1-3-10-19/h4-8,11H,1-3,9-10H2,(H,18,20). The maximum absolute atomic E-state index is 12.7. The van der Waals surface area contributed by atoms with Crippen molar-refractivity contribution in [3.63, 3.8) is 0 Å². The van der Waals surface area contributed by atoms with Crippen LogP contribution in [0.2, 0.25) is 0 Å². The number of benzene rings is 1. The van der Waals surface area contributed by atoms with Crippen LogP contribution in [-0.4, -0.2) is 31.7 Å². The van der Waals surface area contributed by atoms with Crippen molar-refractivity contribution in [3.8, 4) is 0 Å². The summed E-state index contributed by atoms with van der Waals surface area (Å²) in [7, 11) is -3.53. The quantitative estimate of drug-likeness (QED) is 0.833. The predicted molar refractivity (Wildman–Crippen MR) is 93.4 cm³/mol. The first-order valence-corrected chi connectivity index (χ1v) is 9.87. The van der Waals surface area contributed by atoms with E-state index in [1.165, 1.54) is 16.4 Å². The van der Waals surface area contributed by atoms with Crippen LogP contribution in [0.1, 0.15) is 29.8 Å². The van der Waals surface area contributed by atoms with Crippen LogP contribution >= 0.6 is 15.9 Å². The van der Waals surface area contributed by atoms with Crippen molar-refractivity contribution in [1.82, 2.24) is 4.31 Å². The molecule has 0 aliphatic carbocycles. The molecule has 8 heteroatoms. The van der Waals surface area contributed by atoms with Crippen LogP contribution in [0.4, 0.5) is 5.69 Å². The number of carbonyl (C=O) groups excluding carboxylic acids is 1. The van der Waals surface area contributed by atoms with Gasteiger partial charge in [-0.15, -0.1) is 0 Å². The molecule has 0 saturated carbocycles. The number of nitrogens with zero attached hydrogens (tertiary/aromatic N) is 1. The summed E-state index contributed by atoms with van der Waals surface area (Å²) in [4.78, 5) is 12.3. The fourth-order valence-corrected chi connectivity index (χ4v) is 4.49. The SMILES string of the molecule is O=C(Nc1cccc(S(=O)(=O)N2CCCCC2)c1)c1ccc(Br)o1. The van der Waals surface area contributed by atoms with Gasteiger partial charge < -0.3 is 9.73 Å². The molecule has 0 radical (unpaired) electrons. The van der Waals surface area contributed by atoms with E-state index in [1.807, 2.05) is 0 Å². The first kappa shape index (κ1) is 17.2. The molecule has 128 valence electrons. The molecule has 1 aliphatic heterocycles. The average Bonchev–Trinajstić information content (AvgIpc) is 3.02. The second kappa shape index (κ2) is 7.08. The van der Waals surface area contributed by atoms with Crippen LogP contribution in [0.3, 0.4) is 0 Å². The number of anilines is 1. The van der Waals surface area contributed by atoms with E-state index in [-0.39, 0.29) is 10.7 Å². The van der Waals surface area contributed by atoms with Crippen molar-refractivity contribution in [3.05, 3.63) is 46.8 Å². The second-order valence-electron chi connectivity index (χ2n) is 5.55. The number of carbonyl (C=O) groups is 1. The Labute approximate surface area is 149 Å². The molecule has 1 aromatic heterocycles. The molecule has 1 saturated heterocycles. The molecule has 0 atom stereocenters. The molecule has 6 nitrogen and oxygen atoms in total. The van der Waals surface area contributed by atoms with Gasteiger partial charge in [0, 0.05) is 18.8 Å². The fourth-order valence-electron chi connectivity index (χ4n) is 2.62. The van der Waals surface area contributed by atoms with Crippen LogP contribution in [0.25, 0.3) is 0 Å². The van der Waals surface area contributed by atoms with E-state index in [0.29, 0.717) is 23.4 Å². The van der Waals surface area contributed by atoms with Crippen LogP contribution in [-0.2, 0) is 10.0 Å². The van der Waals surface area contributed by atoms with Gasteiger partial charge in [0.25, 0.3) is 5.91 Å². The molecule has 2 aromatic rings. The van der Waals surface area contributed by atoms with Gasteiger partial charge in [-0.25, -0.2) is 8.42 Å². The van der Waals surface area contributed by atoms with E-state index < -0.39 is 15.9 Å². The topological polar surface area (TPSA) is 79.6 Å². The zero-order valence-corrected chi connectivity index (χ0v) is 15.3. The highest BCUT2D eigenvalue weighted by atomic mass is 79.9. The number of hydrogen-bond acceptors (Lipinski definition) is 4. The minimum atomic E-state index is -3.53. The molecule has 1 fully saturated rings. The highest BCUT2D eigenvalue weighted by Gasteiger charge is 2.26. The number of furan rings is 1. The molecule has 1 aliphatic rings. The predicted octanol–water partition coefficient (Wildman–Crippen LogP) is 3.47. The molecular weight excluding hydrogens is 396 g/mol. The number of halogens is 1. The van der Waals surface area contributed by atoms with Gasteiger partial charge in [0.15, 0.2) is 10.4 Å². The molecule has 1 N–H and O–H groups in total. The Hall–Kier alpha value is -1.64. The summed E-state index contributed by atoms with van der Waals surface area (Å²) in [5.41, 5.74) is 0.408. The molecule has 1 aromatic carbocycles. The maximum atomic E-state index is 12.7. The summed E-state index contributed by atoms with van der Waals surface area (Å²) in [6.07, 6.45) is 2.81. The fraction of sp³-hybridized carbons (Fsp3) is 0.312. The summed E-state index contributed by atoms with van der Waals surface area (Å²) in [6.45, 7) is 1.08. The summed E-state index contributed by atoms with van der Waals surface area (Å²) < 4.78 is 32.5. The van der Waals surface area contributed by atoms with Crippen molar-refractivity contribution in [1.29, 1.82) is 0 Å². The molecule has 3 rings (SSSR count). The minimum Gasteiger partial charge on any atom is -0.444 e. The Morgan fingerprint density at radius 3 is 2.54 bits per heavy atom. The smallest absolute Gasteiger partial charge is 0.291 e. The third-order valence-electron chi connectivity index (χ3n) is 3.84. The third-order valence-corrected chi connectivity index (χ3v) is 6.16. The van der Waals surface area contributed by atoms with Gasteiger partial charge in [0.05, 0.1) is 4.90 Å². The van der Waals surface area contributed by atoms with Crippen molar-refractivity contribution in [2.75, 3.05) is 18.4 Å². The van der Waals surface area contributed by atoms with Crippen LogP contribution < -0.4 is 5.32 Å². The largest absolute Gasteiger partial charge is 0.444 e. The van der Waals surface area contributed by atoms with E-state index in [0.717, 1.165) is 19.3 Å². The van der Waals surface area contributed by atoms with E-state index in [9.17, 15) is 13.2 Å². The van der Waals surface area contributed by atoms with E-state index in [1.54, 1.807) is 24.3 Å². The normalized spacial score (nSPS) is 16.0. The Balaban J connectivity index is 1.80. The zero-order chi connectivity index (χ0) is 17.2. The Kier molecular flexibility index (Phi) is 5.07. The van der Waals surface area contributed by atoms with E-state index >= 15 is 0 Å². The minimum absolute atomic E-state index is 0.145. The lowest BCUT2D eigenvalue weighted by Gasteiger charge is -2.26. The summed E-state index contributed by atoms with van der Waals surface area (Å²) in [6, 6.07) is 9.43. The number of hydrogen-bond donors (Lipinski definition) is 1.